The molecular weight excluding hydrogens is 286 g/mol. The van der Waals surface area contributed by atoms with Crippen molar-refractivity contribution >= 4 is 28.5 Å². The summed E-state index contributed by atoms with van der Waals surface area (Å²) in [6.07, 6.45) is 2.11. The van der Waals surface area contributed by atoms with E-state index in [1.807, 2.05) is 0 Å². The van der Waals surface area contributed by atoms with Gasteiger partial charge in [-0.1, -0.05) is 39.9 Å². The third-order valence-corrected chi connectivity index (χ3v) is 5.56. The number of nitrogens with two attached hydrogens (primary N) is 1. The van der Waals surface area contributed by atoms with E-state index in [9.17, 15) is 0 Å². The molecule has 2 rings (SSSR count). The molecule has 1 saturated heterocycles. The SMILES string of the molecule is CC1(C(N)=S)CCN(Cc2nc(C(C)(C)C)cs2)CC1. The maximum atomic E-state index is 5.85. The van der Waals surface area contributed by atoms with E-state index in [1.54, 1.807) is 11.3 Å². The van der Waals surface area contributed by atoms with Crippen molar-refractivity contribution in [1.29, 1.82) is 0 Å². The van der Waals surface area contributed by atoms with Crippen LogP contribution in [0.25, 0.3) is 0 Å². The van der Waals surface area contributed by atoms with Crippen molar-refractivity contribution in [2.75, 3.05) is 13.1 Å². The molecule has 0 saturated carbocycles. The molecule has 0 aromatic carbocycles. The first-order valence-corrected chi connectivity index (χ1v) is 8.47. The summed E-state index contributed by atoms with van der Waals surface area (Å²) in [5.41, 5.74) is 7.24. The predicted octanol–water partition coefficient (Wildman–Crippen LogP) is 3.33. The molecule has 112 valence electrons. The minimum atomic E-state index is 0.0469. The van der Waals surface area contributed by atoms with Crippen LogP contribution < -0.4 is 5.73 Å². The molecule has 0 aliphatic carbocycles. The average Bonchev–Trinajstić information content (AvgIpc) is 2.80. The van der Waals surface area contributed by atoms with Crippen LogP contribution >= 0.6 is 23.6 Å². The number of rotatable bonds is 3. The monoisotopic (exact) mass is 311 g/mol. The summed E-state index contributed by atoms with van der Waals surface area (Å²) < 4.78 is 0. The Kier molecular flexibility index (Phi) is 4.52. The van der Waals surface area contributed by atoms with Gasteiger partial charge in [-0.15, -0.1) is 11.3 Å². The Balaban J connectivity index is 1.93. The number of thiocarbonyl (C=S) groups is 1. The Hall–Kier alpha value is -0.520. The molecule has 0 amide bonds. The van der Waals surface area contributed by atoms with Crippen LogP contribution in [0.5, 0.6) is 0 Å². The number of hydrogen-bond donors (Lipinski definition) is 1. The second-order valence-electron chi connectivity index (χ2n) is 7.08. The number of likely N-dealkylation sites (tertiary alicyclic amines) is 1. The van der Waals surface area contributed by atoms with E-state index in [1.165, 1.54) is 10.7 Å². The van der Waals surface area contributed by atoms with E-state index in [0.29, 0.717) is 4.99 Å². The van der Waals surface area contributed by atoms with E-state index in [4.69, 9.17) is 22.9 Å². The highest BCUT2D eigenvalue weighted by atomic mass is 32.1. The number of piperidine rings is 1. The summed E-state index contributed by atoms with van der Waals surface area (Å²) in [7, 11) is 0. The highest BCUT2D eigenvalue weighted by Crippen LogP contribution is 2.32. The molecule has 3 nitrogen and oxygen atoms in total. The van der Waals surface area contributed by atoms with Crippen LogP contribution in [0.15, 0.2) is 5.38 Å². The van der Waals surface area contributed by atoms with E-state index in [-0.39, 0.29) is 10.8 Å². The predicted molar refractivity (Wildman–Crippen MR) is 90.2 cm³/mol. The molecule has 5 heteroatoms. The Morgan fingerprint density at radius 1 is 1.45 bits per heavy atom. The van der Waals surface area contributed by atoms with Crippen molar-refractivity contribution in [3.8, 4) is 0 Å². The van der Waals surface area contributed by atoms with Crippen LogP contribution in [0.4, 0.5) is 0 Å². The topological polar surface area (TPSA) is 42.1 Å². The van der Waals surface area contributed by atoms with Gasteiger partial charge in [-0.3, -0.25) is 4.90 Å². The highest BCUT2D eigenvalue weighted by Gasteiger charge is 2.32. The van der Waals surface area contributed by atoms with Gasteiger partial charge in [0.15, 0.2) is 0 Å². The lowest BCUT2D eigenvalue weighted by Gasteiger charge is -2.38. The van der Waals surface area contributed by atoms with Gasteiger partial charge in [-0.05, 0) is 25.9 Å². The van der Waals surface area contributed by atoms with Crippen LogP contribution in [0, 0.1) is 5.41 Å². The van der Waals surface area contributed by atoms with Gasteiger partial charge in [-0.25, -0.2) is 4.98 Å². The number of nitrogens with zero attached hydrogens (tertiary/aromatic N) is 2. The summed E-state index contributed by atoms with van der Waals surface area (Å²) in [5.74, 6) is 0. The minimum absolute atomic E-state index is 0.0469. The molecule has 2 heterocycles. The van der Waals surface area contributed by atoms with E-state index < -0.39 is 0 Å². The van der Waals surface area contributed by atoms with Gasteiger partial charge < -0.3 is 5.73 Å². The van der Waals surface area contributed by atoms with Crippen molar-refractivity contribution in [2.24, 2.45) is 11.1 Å². The van der Waals surface area contributed by atoms with E-state index in [2.05, 4.69) is 38.0 Å². The fourth-order valence-electron chi connectivity index (χ4n) is 2.37. The lowest BCUT2D eigenvalue weighted by Crippen LogP contribution is -2.44. The van der Waals surface area contributed by atoms with Gasteiger partial charge >= 0.3 is 0 Å². The zero-order chi connectivity index (χ0) is 15.0. The Bertz CT molecular complexity index is 480. The molecule has 0 radical (unpaired) electrons. The van der Waals surface area contributed by atoms with Gasteiger partial charge in [0.1, 0.15) is 5.01 Å². The van der Waals surface area contributed by atoms with Crippen molar-refractivity contribution in [3.63, 3.8) is 0 Å². The standard InChI is InChI=1S/C15H25N3S2/c1-14(2,3)11-10-20-12(17-11)9-18-7-5-15(4,6-8-18)13(16)19/h10H,5-9H2,1-4H3,(H2,16,19). The van der Waals surface area contributed by atoms with E-state index in [0.717, 1.165) is 32.5 Å². The second-order valence-corrected chi connectivity index (χ2v) is 8.46. The molecule has 1 aliphatic heterocycles. The minimum Gasteiger partial charge on any atom is -0.393 e. The molecule has 20 heavy (non-hydrogen) atoms. The zero-order valence-electron chi connectivity index (χ0n) is 12.9. The Morgan fingerprint density at radius 3 is 2.50 bits per heavy atom. The Labute approximate surface area is 131 Å². The van der Waals surface area contributed by atoms with Crippen molar-refractivity contribution in [1.82, 2.24) is 9.88 Å². The summed E-state index contributed by atoms with van der Waals surface area (Å²) in [6.45, 7) is 11.9. The molecule has 1 aromatic rings. The summed E-state index contributed by atoms with van der Waals surface area (Å²) in [5, 5.41) is 3.41. The fraction of sp³-hybridized carbons (Fsp3) is 0.733. The molecule has 0 bridgehead atoms. The van der Waals surface area contributed by atoms with Gasteiger partial charge in [-0.2, -0.15) is 0 Å². The van der Waals surface area contributed by atoms with E-state index >= 15 is 0 Å². The van der Waals surface area contributed by atoms with Gasteiger partial charge in [0.05, 0.1) is 17.2 Å². The van der Waals surface area contributed by atoms with Crippen molar-refractivity contribution < 1.29 is 0 Å². The lowest BCUT2D eigenvalue weighted by molar-refractivity contribution is 0.157. The van der Waals surface area contributed by atoms with Gasteiger partial charge in [0.2, 0.25) is 0 Å². The van der Waals surface area contributed by atoms with Crippen LogP contribution in [0.1, 0.15) is 51.2 Å². The quantitative estimate of drug-likeness (QED) is 0.870. The number of aromatic nitrogens is 1. The molecule has 0 unspecified atom stereocenters. The largest absolute Gasteiger partial charge is 0.393 e. The molecule has 0 spiro atoms. The highest BCUT2D eigenvalue weighted by molar-refractivity contribution is 7.80. The van der Waals surface area contributed by atoms with Crippen LogP contribution in [0.3, 0.4) is 0 Å². The molecule has 1 aromatic heterocycles. The molecule has 0 atom stereocenters. The van der Waals surface area contributed by atoms with Crippen LogP contribution in [-0.4, -0.2) is 28.0 Å². The molecular formula is C15H25N3S2. The smallest absolute Gasteiger partial charge is 0.107 e. The fourth-order valence-corrected chi connectivity index (χ4v) is 3.64. The molecule has 1 aliphatic rings. The lowest BCUT2D eigenvalue weighted by atomic mass is 9.80. The van der Waals surface area contributed by atoms with Crippen molar-refractivity contribution in [2.45, 2.75) is 52.5 Å². The normalized spacial score (nSPS) is 20.0. The zero-order valence-corrected chi connectivity index (χ0v) is 14.5. The first-order valence-electron chi connectivity index (χ1n) is 7.18. The summed E-state index contributed by atoms with van der Waals surface area (Å²) in [4.78, 5) is 7.91. The van der Waals surface area contributed by atoms with Crippen LogP contribution in [-0.2, 0) is 12.0 Å². The maximum Gasteiger partial charge on any atom is 0.107 e. The second kappa shape index (κ2) is 5.70. The van der Waals surface area contributed by atoms with Gasteiger partial charge in [0, 0.05) is 16.2 Å². The van der Waals surface area contributed by atoms with Crippen LogP contribution in [0.2, 0.25) is 0 Å². The first kappa shape index (κ1) is 15.9. The van der Waals surface area contributed by atoms with Crippen molar-refractivity contribution in [3.05, 3.63) is 16.1 Å². The molecule has 1 fully saturated rings. The average molecular weight is 312 g/mol. The maximum absolute atomic E-state index is 5.85. The third-order valence-electron chi connectivity index (χ3n) is 4.23. The molecule has 2 N–H and O–H groups in total. The number of thiazole rings is 1. The third kappa shape index (κ3) is 3.57. The first-order chi connectivity index (χ1) is 9.21. The summed E-state index contributed by atoms with van der Waals surface area (Å²) in [6, 6.07) is 0. The number of hydrogen-bond acceptors (Lipinski definition) is 4. The van der Waals surface area contributed by atoms with Gasteiger partial charge in [0.25, 0.3) is 0 Å². The summed E-state index contributed by atoms with van der Waals surface area (Å²) >= 11 is 6.96. The Morgan fingerprint density at radius 2 is 2.05 bits per heavy atom.